The van der Waals surface area contributed by atoms with Crippen LogP contribution in [0.15, 0.2) is 11.4 Å². The number of anilines is 1. The van der Waals surface area contributed by atoms with Crippen LogP contribution in [0.5, 0.6) is 0 Å². The molecule has 0 saturated heterocycles. The van der Waals surface area contributed by atoms with Crippen LogP contribution in [0.1, 0.15) is 23.0 Å². The fourth-order valence-corrected chi connectivity index (χ4v) is 2.32. The Labute approximate surface area is 115 Å². The lowest BCUT2D eigenvalue weighted by Crippen LogP contribution is -2.39. The molecule has 3 N–H and O–H groups in total. The summed E-state index contributed by atoms with van der Waals surface area (Å²) in [5, 5.41) is 17.1. The zero-order valence-corrected chi connectivity index (χ0v) is 11.9. The van der Waals surface area contributed by atoms with Crippen molar-refractivity contribution in [2.75, 3.05) is 19.0 Å². The zero-order valence-electron chi connectivity index (χ0n) is 10.2. The molecule has 0 radical (unpaired) electrons. The second kappa shape index (κ2) is 7.30. The topological polar surface area (TPSA) is 70.6 Å². The van der Waals surface area contributed by atoms with E-state index in [9.17, 15) is 4.79 Å². The van der Waals surface area contributed by atoms with Crippen LogP contribution in [-0.2, 0) is 4.74 Å². The number of methoxy groups -OCH3 is 1. The number of ether oxygens (including phenoxy) is 1. The molecular weight excluding hydrogens is 272 g/mol. The summed E-state index contributed by atoms with van der Waals surface area (Å²) in [5.74, 6) is -0.399. The molecule has 0 unspecified atom stereocenters. The van der Waals surface area contributed by atoms with Gasteiger partial charge in [0.2, 0.25) is 0 Å². The van der Waals surface area contributed by atoms with E-state index < -0.39 is 5.97 Å². The molecule has 18 heavy (non-hydrogen) atoms. The average Bonchev–Trinajstić information content (AvgIpc) is 2.82. The summed E-state index contributed by atoms with van der Waals surface area (Å²) in [4.78, 5) is 11.9. The molecule has 0 aromatic carbocycles. The smallest absolute Gasteiger partial charge is 0.350 e. The zero-order chi connectivity index (χ0) is 13.5. The van der Waals surface area contributed by atoms with E-state index in [1.807, 2.05) is 6.92 Å². The first-order valence-electron chi connectivity index (χ1n) is 5.46. The number of nitrogens with one attached hydrogen (secondary N) is 2. The Morgan fingerprint density at radius 3 is 2.94 bits per heavy atom. The van der Waals surface area contributed by atoms with Crippen molar-refractivity contribution in [3.63, 3.8) is 0 Å². The highest BCUT2D eigenvalue weighted by Crippen LogP contribution is 2.22. The average molecular weight is 288 g/mol. The summed E-state index contributed by atoms with van der Waals surface area (Å²) in [6.07, 6.45) is 0.756. The fraction of sp³-hybridized carbons (Fsp3) is 0.455. The monoisotopic (exact) mass is 288 g/mol. The van der Waals surface area contributed by atoms with Crippen molar-refractivity contribution in [3.05, 3.63) is 16.3 Å². The van der Waals surface area contributed by atoms with Gasteiger partial charge in [-0.05, 0) is 30.1 Å². The maximum absolute atomic E-state index is 11.5. The van der Waals surface area contributed by atoms with Gasteiger partial charge >= 0.3 is 5.97 Å². The fourth-order valence-electron chi connectivity index (χ4n) is 1.28. The molecule has 1 atom stereocenters. The lowest BCUT2D eigenvalue weighted by Gasteiger charge is -2.17. The Hall–Kier alpha value is -1.18. The Kier molecular flexibility index (Phi) is 6.03. The third-order valence-electron chi connectivity index (χ3n) is 2.33. The van der Waals surface area contributed by atoms with Gasteiger partial charge in [0.05, 0.1) is 25.4 Å². The lowest BCUT2D eigenvalue weighted by molar-refractivity contribution is 0.0607. The van der Waals surface area contributed by atoms with E-state index in [0.29, 0.717) is 15.7 Å². The maximum atomic E-state index is 11.5. The van der Waals surface area contributed by atoms with Crippen LogP contribution in [0.2, 0.25) is 0 Å². The van der Waals surface area contributed by atoms with Gasteiger partial charge in [-0.15, -0.1) is 11.3 Å². The van der Waals surface area contributed by atoms with Crippen LogP contribution in [0.3, 0.4) is 0 Å². The molecule has 0 aliphatic heterocycles. The van der Waals surface area contributed by atoms with Crippen molar-refractivity contribution in [1.82, 2.24) is 5.32 Å². The van der Waals surface area contributed by atoms with Crippen LogP contribution in [0.4, 0.5) is 5.69 Å². The van der Waals surface area contributed by atoms with Crippen molar-refractivity contribution >= 4 is 40.3 Å². The molecule has 0 bridgehead atoms. The summed E-state index contributed by atoms with van der Waals surface area (Å²) in [5.41, 5.74) is 0.608. The number of carbonyl (C=O) groups is 1. The Morgan fingerprint density at radius 1 is 1.67 bits per heavy atom. The van der Waals surface area contributed by atoms with E-state index in [4.69, 9.17) is 17.3 Å². The molecular formula is C11H16N2O3S2. The molecule has 1 aromatic rings. The van der Waals surface area contributed by atoms with Crippen molar-refractivity contribution in [2.24, 2.45) is 0 Å². The summed E-state index contributed by atoms with van der Waals surface area (Å²) >= 11 is 6.39. The first kappa shape index (κ1) is 14.9. The van der Waals surface area contributed by atoms with Gasteiger partial charge in [-0.25, -0.2) is 4.79 Å². The molecule has 1 aromatic heterocycles. The van der Waals surface area contributed by atoms with E-state index in [-0.39, 0.29) is 12.6 Å². The highest BCUT2D eigenvalue weighted by atomic mass is 32.1. The van der Waals surface area contributed by atoms with E-state index in [1.54, 1.807) is 11.4 Å². The predicted molar refractivity (Wildman–Crippen MR) is 76.2 cm³/mol. The Morgan fingerprint density at radius 2 is 2.39 bits per heavy atom. The quantitative estimate of drug-likeness (QED) is 0.564. The van der Waals surface area contributed by atoms with Crippen molar-refractivity contribution in [2.45, 2.75) is 19.4 Å². The highest BCUT2D eigenvalue weighted by molar-refractivity contribution is 7.80. The summed E-state index contributed by atoms with van der Waals surface area (Å²) < 4.78 is 4.67. The van der Waals surface area contributed by atoms with Gasteiger partial charge in [0.15, 0.2) is 5.11 Å². The second-order valence-corrected chi connectivity index (χ2v) is 4.87. The largest absolute Gasteiger partial charge is 0.465 e. The second-order valence-electron chi connectivity index (χ2n) is 3.54. The van der Waals surface area contributed by atoms with E-state index in [1.165, 1.54) is 18.4 Å². The SMILES string of the molecule is CC[C@@H](CO)NC(=S)Nc1ccsc1C(=O)OC. The van der Waals surface area contributed by atoms with Crippen LogP contribution in [0, 0.1) is 0 Å². The van der Waals surface area contributed by atoms with Crippen LogP contribution < -0.4 is 10.6 Å². The standard InChI is InChI=1S/C11H16N2O3S2/c1-3-7(6-14)12-11(17)13-8-4-5-18-9(8)10(15)16-2/h4-5,7,14H,3,6H2,1-2H3,(H2,12,13,17)/t7-/m0/s1. The molecule has 0 aliphatic rings. The molecule has 0 saturated carbocycles. The molecule has 1 rings (SSSR count). The normalized spacial score (nSPS) is 11.7. The molecule has 0 fully saturated rings. The minimum Gasteiger partial charge on any atom is -0.465 e. The Balaban J connectivity index is 2.65. The molecule has 100 valence electrons. The molecule has 1 heterocycles. The lowest BCUT2D eigenvalue weighted by atomic mass is 10.2. The van der Waals surface area contributed by atoms with Gasteiger partial charge in [-0.1, -0.05) is 6.92 Å². The number of thiophene rings is 1. The van der Waals surface area contributed by atoms with Crippen LogP contribution in [-0.4, -0.2) is 35.9 Å². The highest BCUT2D eigenvalue weighted by Gasteiger charge is 2.15. The number of aliphatic hydroxyl groups is 1. The van der Waals surface area contributed by atoms with Gasteiger partial charge in [0.1, 0.15) is 4.88 Å². The summed E-state index contributed by atoms with van der Waals surface area (Å²) in [6, 6.07) is 1.66. The number of hydrogen-bond acceptors (Lipinski definition) is 5. The van der Waals surface area contributed by atoms with Gasteiger partial charge in [-0.2, -0.15) is 0 Å². The van der Waals surface area contributed by atoms with Crippen LogP contribution >= 0.6 is 23.6 Å². The van der Waals surface area contributed by atoms with Gasteiger partial charge in [-0.3, -0.25) is 0 Å². The molecule has 0 amide bonds. The maximum Gasteiger partial charge on any atom is 0.350 e. The number of aliphatic hydroxyl groups excluding tert-OH is 1. The minimum atomic E-state index is -0.399. The summed E-state index contributed by atoms with van der Waals surface area (Å²) in [6.45, 7) is 1.95. The molecule has 0 aliphatic carbocycles. The third kappa shape index (κ3) is 3.94. The number of thiocarbonyl (C=S) groups is 1. The molecule has 0 spiro atoms. The van der Waals surface area contributed by atoms with Crippen molar-refractivity contribution < 1.29 is 14.6 Å². The number of rotatable bonds is 5. The van der Waals surface area contributed by atoms with Gasteiger partial charge < -0.3 is 20.5 Å². The molecule has 7 heteroatoms. The van der Waals surface area contributed by atoms with E-state index in [0.717, 1.165) is 6.42 Å². The molecule has 5 nitrogen and oxygen atoms in total. The number of carbonyl (C=O) groups excluding carboxylic acids is 1. The van der Waals surface area contributed by atoms with E-state index in [2.05, 4.69) is 15.4 Å². The first-order chi connectivity index (χ1) is 8.62. The number of esters is 1. The van der Waals surface area contributed by atoms with Crippen LogP contribution in [0.25, 0.3) is 0 Å². The van der Waals surface area contributed by atoms with Gasteiger partial charge in [0.25, 0.3) is 0 Å². The van der Waals surface area contributed by atoms with E-state index >= 15 is 0 Å². The Bertz CT molecular complexity index is 416. The first-order valence-corrected chi connectivity index (χ1v) is 6.75. The van der Waals surface area contributed by atoms with Crippen molar-refractivity contribution in [3.8, 4) is 0 Å². The van der Waals surface area contributed by atoms with Gasteiger partial charge in [0, 0.05) is 0 Å². The predicted octanol–water partition coefficient (Wildman–Crippen LogP) is 1.59. The minimum absolute atomic E-state index is 0.00577. The third-order valence-corrected chi connectivity index (χ3v) is 3.45. The number of hydrogen-bond donors (Lipinski definition) is 3. The summed E-state index contributed by atoms with van der Waals surface area (Å²) in [7, 11) is 1.33. The van der Waals surface area contributed by atoms with Crippen molar-refractivity contribution in [1.29, 1.82) is 0 Å².